The molecule has 1 N–H and O–H groups in total. The van der Waals surface area contributed by atoms with E-state index < -0.39 is 5.97 Å². The van der Waals surface area contributed by atoms with E-state index in [0.717, 1.165) is 23.4 Å². The molecule has 0 atom stereocenters. The maximum atomic E-state index is 13.2. The number of ether oxygens (including phenoxy) is 1. The van der Waals surface area contributed by atoms with Crippen molar-refractivity contribution in [2.75, 3.05) is 20.3 Å². The van der Waals surface area contributed by atoms with Crippen LogP contribution in [0.3, 0.4) is 0 Å². The number of hydrogen-bond acceptors (Lipinski definition) is 5. The topological polar surface area (TPSA) is 62.7 Å². The third kappa shape index (κ3) is 6.26. The van der Waals surface area contributed by atoms with Crippen LogP contribution in [0.4, 0.5) is 4.39 Å². The summed E-state index contributed by atoms with van der Waals surface area (Å²) >= 11 is 0. The van der Waals surface area contributed by atoms with Gasteiger partial charge >= 0.3 is 5.97 Å². The molecule has 1 heterocycles. The van der Waals surface area contributed by atoms with Gasteiger partial charge in [-0.15, -0.1) is 0 Å². The normalized spacial score (nSPS) is 12.0. The zero-order valence-corrected chi connectivity index (χ0v) is 17.8. The van der Waals surface area contributed by atoms with Crippen LogP contribution in [-0.4, -0.2) is 41.2 Å². The van der Waals surface area contributed by atoms with Gasteiger partial charge in [0.1, 0.15) is 5.82 Å². The molecule has 6 heteroatoms. The van der Waals surface area contributed by atoms with E-state index in [1.165, 1.54) is 19.2 Å². The quantitative estimate of drug-likeness (QED) is 0.579. The number of nitrogens with zero attached hydrogens (tertiary/aromatic N) is 2. The lowest BCUT2D eigenvalue weighted by atomic mass is 10.1. The lowest BCUT2D eigenvalue weighted by Crippen LogP contribution is -2.26. The average Bonchev–Trinajstić information content (AvgIpc) is 2.78. The Hall–Kier alpha value is -2.99. The van der Waals surface area contributed by atoms with Crippen molar-refractivity contribution in [3.8, 4) is 0 Å². The largest absolute Gasteiger partial charge is 0.465 e. The third-order valence-corrected chi connectivity index (χ3v) is 4.72. The number of benzene rings is 1. The molecule has 0 spiro atoms. The van der Waals surface area contributed by atoms with E-state index in [1.807, 2.05) is 19.9 Å². The van der Waals surface area contributed by atoms with Crippen LogP contribution in [0.5, 0.6) is 0 Å². The van der Waals surface area contributed by atoms with Crippen molar-refractivity contribution >= 4 is 11.7 Å². The minimum absolute atomic E-state index is 0.0156. The molecule has 0 unspecified atom stereocenters. The van der Waals surface area contributed by atoms with E-state index in [0.29, 0.717) is 30.6 Å². The SMILES string of the molecule is C/C=C(/CCO)N(CCc1ccc(F)cc1)/C(=C/CC)c1cc(C(=O)OC)ccn1. The smallest absolute Gasteiger partial charge is 0.337 e. The van der Waals surface area contributed by atoms with Gasteiger partial charge in [0, 0.05) is 31.5 Å². The number of aliphatic hydroxyl groups excluding tert-OH is 1. The number of carbonyl (C=O) groups is 1. The molecule has 0 aliphatic rings. The Morgan fingerprint density at radius 2 is 2.00 bits per heavy atom. The maximum Gasteiger partial charge on any atom is 0.337 e. The van der Waals surface area contributed by atoms with Gasteiger partial charge in [0.15, 0.2) is 0 Å². The summed E-state index contributed by atoms with van der Waals surface area (Å²) in [7, 11) is 1.35. The number of rotatable bonds is 10. The first-order chi connectivity index (χ1) is 14.5. The summed E-state index contributed by atoms with van der Waals surface area (Å²) in [5.41, 5.74) is 3.88. The van der Waals surface area contributed by atoms with Crippen LogP contribution in [0.15, 0.2) is 60.4 Å². The Labute approximate surface area is 177 Å². The second-order valence-corrected chi connectivity index (χ2v) is 6.70. The summed E-state index contributed by atoms with van der Waals surface area (Å²) < 4.78 is 18.1. The molecule has 0 amide bonds. The molecule has 0 fully saturated rings. The third-order valence-electron chi connectivity index (χ3n) is 4.72. The molecule has 0 saturated heterocycles. The fourth-order valence-electron chi connectivity index (χ4n) is 3.22. The number of aromatic nitrogens is 1. The van der Waals surface area contributed by atoms with E-state index >= 15 is 0 Å². The van der Waals surface area contributed by atoms with Crippen LogP contribution in [0.1, 0.15) is 48.3 Å². The minimum Gasteiger partial charge on any atom is -0.465 e. The van der Waals surface area contributed by atoms with Crippen molar-refractivity contribution in [1.29, 1.82) is 0 Å². The van der Waals surface area contributed by atoms with E-state index in [2.05, 4.69) is 16.0 Å². The van der Waals surface area contributed by atoms with Gasteiger partial charge in [-0.2, -0.15) is 0 Å². The fourth-order valence-corrected chi connectivity index (χ4v) is 3.22. The summed E-state index contributed by atoms with van der Waals surface area (Å²) in [6.07, 6.45) is 7.54. The van der Waals surface area contributed by atoms with Gasteiger partial charge in [-0.1, -0.05) is 31.2 Å². The summed E-state index contributed by atoms with van der Waals surface area (Å²) in [4.78, 5) is 18.6. The van der Waals surface area contributed by atoms with Gasteiger partial charge in [-0.3, -0.25) is 4.98 Å². The van der Waals surface area contributed by atoms with Crippen molar-refractivity contribution in [3.63, 3.8) is 0 Å². The van der Waals surface area contributed by atoms with Gasteiger partial charge in [0.2, 0.25) is 0 Å². The van der Waals surface area contributed by atoms with E-state index in [-0.39, 0.29) is 12.4 Å². The van der Waals surface area contributed by atoms with Crippen molar-refractivity contribution in [2.24, 2.45) is 0 Å². The van der Waals surface area contributed by atoms with Gasteiger partial charge in [-0.05, 0) is 49.6 Å². The first kappa shape index (κ1) is 23.3. The predicted octanol–water partition coefficient (Wildman–Crippen LogP) is 4.59. The molecule has 0 bridgehead atoms. The summed E-state index contributed by atoms with van der Waals surface area (Å²) in [6, 6.07) is 9.78. The highest BCUT2D eigenvalue weighted by Gasteiger charge is 2.18. The molecular formula is C24H29FN2O3. The second-order valence-electron chi connectivity index (χ2n) is 6.70. The highest BCUT2D eigenvalue weighted by molar-refractivity contribution is 5.90. The second kappa shape index (κ2) is 11.9. The van der Waals surface area contributed by atoms with E-state index in [4.69, 9.17) is 4.74 Å². The number of esters is 1. The van der Waals surface area contributed by atoms with Crippen LogP contribution in [0.25, 0.3) is 5.70 Å². The van der Waals surface area contributed by atoms with Crippen molar-refractivity contribution in [3.05, 3.63) is 83.1 Å². The Kier molecular flexibility index (Phi) is 9.22. The number of allylic oxidation sites excluding steroid dienone is 2. The van der Waals surface area contributed by atoms with Crippen LogP contribution in [0.2, 0.25) is 0 Å². The molecule has 1 aromatic carbocycles. The molecule has 0 aliphatic heterocycles. The summed E-state index contributed by atoms with van der Waals surface area (Å²) in [5, 5.41) is 9.56. The van der Waals surface area contributed by atoms with Crippen LogP contribution in [-0.2, 0) is 11.2 Å². The van der Waals surface area contributed by atoms with Crippen LogP contribution in [0, 0.1) is 5.82 Å². The Morgan fingerprint density at radius 1 is 1.27 bits per heavy atom. The number of aliphatic hydroxyl groups is 1. The molecule has 2 aromatic rings. The molecule has 5 nitrogen and oxygen atoms in total. The monoisotopic (exact) mass is 412 g/mol. The van der Waals surface area contributed by atoms with Crippen LogP contribution < -0.4 is 0 Å². The van der Waals surface area contributed by atoms with Crippen LogP contribution >= 0.6 is 0 Å². The molecule has 0 aliphatic carbocycles. The molecule has 0 saturated carbocycles. The number of hydrogen-bond donors (Lipinski definition) is 1. The summed E-state index contributed by atoms with van der Waals surface area (Å²) in [5.74, 6) is -0.686. The molecular weight excluding hydrogens is 383 g/mol. The van der Waals surface area contributed by atoms with Crippen molar-refractivity contribution < 1.29 is 19.0 Å². The highest BCUT2D eigenvalue weighted by atomic mass is 19.1. The molecule has 0 radical (unpaired) electrons. The molecule has 1 aromatic heterocycles. The fraction of sp³-hybridized carbons (Fsp3) is 0.333. The lowest BCUT2D eigenvalue weighted by Gasteiger charge is -2.30. The number of carbonyl (C=O) groups excluding carboxylic acids is 1. The number of pyridine rings is 1. The number of methoxy groups -OCH3 is 1. The first-order valence-corrected chi connectivity index (χ1v) is 10.1. The molecule has 160 valence electrons. The van der Waals surface area contributed by atoms with Gasteiger partial charge in [0.05, 0.1) is 24.1 Å². The van der Waals surface area contributed by atoms with Gasteiger partial charge < -0.3 is 14.7 Å². The van der Waals surface area contributed by atoms with E-state index in [9.17, 15) is 14.3 Å². The zero-order valence-electron chi connectivity index (χ0n) is 17.8. The van der Waals surface area contributed by atoms with Gasteiger partial charge in [-0.25, -0.2) is 9.18 Å². The highest BCUT2D eigenvalue weighted by Crippen LogP contribution is 2.26. The minimum atomic E-state index is -0.422. The first-order valence-electron chi connectivity index (χ1n) is 10.1. The Balaban J connectivity index is 2.42. The average molecular weight is 413 g/mol. The Morgan fingerprint density at radius 3 is 2.60 bits per heavy atom. The predicted molar refractivity (Wildman–Crippen MR) is 116 cm³/mol. The molecule has 2 rings (SSSR count). The van der Waals surface area contributed by atoms with Crippen molar-refractivity contribution in [1.82, 2.24) is 9.88 Å². The Bertz CT molecular complexity index is 892. The van der Waals surface area contributed by atoms with Crippen molar-refractivity contribution in [2.45, 2.75) is 33.1 Å². The van der Waals surface area contributed by atoms with E-state index in [1.54, 1.807) is 30.5 Å². The maximum absolute atomic E-state index is 13.2. The van der Waals surface area contributed by atoms with Gasteiger partial charge in [0.25, 0.3) is 0 Å². The number of halogens is 1. The zero-order chi connectivity index (χ0) is 21.9. The molecule has 30 heavy (non-hydrogen) atoms. The lowest BCUT2D eigenvalue weighted by molar-refractivity contribution is 0.0600. The standard InChI is InChI=1S/C24H29FN2O3/c1-4-6-23(22-17-19(11-14-26-22)24(29)30-3)27(21(5-2)13-16-28)15-12-18-7-9-20(25)10-8-18/h5-11,14,17,28H,4,12-13,15-16H2,1-3H3/b21-5-,23-6+. The summed E-state index contributed by atoms with van der Waals surface area (Å²) in [6.45, 7) is 4.59.